The number of benzene rings is 1. The standard InChI is InChI=1S/C21H21N3O5S/c1-12(20(27)18-9-8-14(30-18)11-22-13(2)25)29-19(26)10-17-15-6-4-5-7-16(15)21(28)24(3)23-17/h4-9,12H,10-11H2,1-3H3,(H,22,25). The number of amides is 1. The lowest BCUT2D eigenvalue weighted by molar-refractivity contribution is -0.145. The Hall–Kier alpha value is -3.33. The van der Waals surface area contributed by atoms with E-state index in [4.69, 9.17) is 4.74 Å². The molecule has 0 saturated carbocycles. The van der Waals surface area contributed by atoms with Gasteiger partial charge in [0.25, 0.3) is 5.56 Å². The lowest BCUT2D eigenvalue weighted by Crippen LogP contribution is -2.26. The van der Waals surface area contributed by atoms with Crippen molar-refractivity contribution in [3.05, 3.63) is 62.2 Å². The molecule has 1 aromatic carbocycles. The summed E-state index contributed by atoms with van der Waals surface area (Å²) in [6.45, 7) is 3.27. The SMILES string of the molecule is CC(=O)NCc1ccc(C(=O)C(C)OC(=O)Cc2nn(C)c(=O)c3ccccc23)s1. The van der Waals surface area contributed by atoms with E-state index in [1.807, 2.05) is 0 Å². The van der Waals surface area contributed by atoms with Crippen LogP contribution in [-0.4, -0.2) is 33.5 Å². The van der Waals surface area contributed by atoms with Gasteiger partial charge in [0.1, 0.15) is 0 Å². The van der Waals surface area contributed by atoms with Crippen molar-refractivity contribution < 1.29 is 19.1 Å². The van der Waals surface area contributed by atoms with E-state index < -0.39 is 12.1 Å². The summed E-state index contributed by atoms with van der Waals surface area (Å²) < 4.78 is 6.50. The number of rotatable bonds is 7. The molecule has 1 amide bonds. The highest BCUT2D eigenvalue weighted by atomic mass is 32.1. The van der Waals surface area contributed by atoms with Gasteiger partial charge in [-0.2, -0.15) is 5.10 Å². The molecule has 0 spiro atoms. The van der Waals surface area contributed by atoms with Gasteiger partial charge in [-0.05, 0) is 25.1 Å². The Bertz CT molecular complexity index is 1180. The zero-order valence-corrected chi connectivity index (χ0v) is 17.6. The number of hydrogen-bond donors (Lipinski definition) is 1. The Balaban J connectivity index is 1.69. The number of ether oxygens (including phenoxy) is 1. The lowest BCUT2D eigenvalue weighted by Gasteiger charge is -2.12. The van der Waals surface area contributed by atoms with Crippen LogP contribution in [0, 0.1) is 0 Å². The van der Waals surface area contributed by atoms with Gasteiger partial charge in [-0.3, -0.25) is 19.2 Å². The van der Waals surface area contributed by atoms with Crippen molar-refractivity contribution in [3.8, 4) is 0 Å². The van der Waals surface area contributed by atoms with Crippen LogP contribution in [0.5, 0.6) is 0 Å². The number of aromatic nitrogens is 2. The minimum atomic E-state index is -0.969. The van der Waals surface area contributed by atoms with E-state index in [9.17, 15) is 19.2 Å². The Labute approximate surface area is 176 Å². The van der Waals surface area contributed by atoms with E-state index in [0.717, 1.165) is 4.88 Å². The van der Waals surface area contributed by atoms with Crippen molar-refractivity contribution in [2.24, 2.45) is 7.05 Å². The van der Waals surface area contributed by atoms with Gasteiger partial charge in [0.2, 0.25) is 11.7 Å². The third kappa shape index (κ3) is 4.80. The third-order valence-corrected chi connectivity index (χ3v) is 5.54. The first-order valence-electron chi connectivity index (χ1n) is 9.28. The molecule has 9 heteroatoms. The van der Waals surface area contributed by atoms with Crippen LogP contribution in [0.1, 0.15) is 34.1 Å². The Morgan fingerprint density at radius 2 is 1.87 bits per heavy atom. The number of carbonyl (C=O) groups excluding carboxylic acids is 3. The fourth-order valence-electron chi connectivity index (χ4n) is 2.95. The number of hydrogen-bond acceptors (Lipinski definition) is 7. The van der Waals surface area contributed by atoms with Gasteiger partial charge in [-0.1, -0.05) is 18.2 Å². The Kier molecular flexibility index (Phi) is 6.41. The number of ketones is 1. The molecule has 3 aromatic rings. The minimum Gasteiger partial charge on any atom is -0.454 e. The minimum absolute atomic E-state index is 0.155. The average molecular weight is 427 g/mol. The third-order valence-electron chi connectivity index (χ3n) is 4.44. The predicted molar refractivity (Wildman–Crippen MR) is 112 cm³/mol. The summed E-state index contributed by atoms with van der Waals surface area (Å²) in [5, 5.41) is 7.89. The predicted octanol–water partition coefficient (Wildman–Crippen LogP) is 1.99. The number of esters is 1. The second-order valence-corrected chi connectivity index (χ2v) is 7.94. The maximum absolute atomic E-state index is 12.6. The molecule has 1 atom stereocenters. The second-order valence-electron chi connectivity index (χ2n) is 6.77. The lowest BCUT2D eigenvalue weighted by atomic mass is 10.1. The summed E-state index contributed by atoms with van der Waals surface area (Å²) in [5.74, 6) is -1.08. The van der Waals surface area contributed by atoms with Crippen molar-refractivity contribution in [3.63, 3.8) is 0 Å². The van der Waals surface area contributed by atoms with Gasteiger partial charge >= 0.3 is 5.97 Å². The van der Waals surface area contributed by atoms with E-state index in [1.54, 1.807) is 36.4 Å². The first-order valence-corrected chi connectivity index (χ1v) is 10.1. The number of Topliss-reactive ketones (excluding diaryl/α,β-unsaturated/α-hetero) is 1. The van der Waals surface area contributed by atoms with Gasteiger partial charge in [0.05, 0.1) is 28.9 Å². The molecule has 0 aliphatic carbocycles. The van der Waals surface area contributed by atoms with E-state index >= 15 is 0 Å². The second kappa shape index (κ2) is 9.00. The van der Waals surface area contributed by atoms with Crippen molar-refractivity contribution in [2.45, 2.75) is 32.9 Å². The van der Waals surface area contributed by atoms with Gasteiger partial charge in [-0.25, -0.2) is 4.68 Å². The maximum atomic E-state index is 12.6. The molecule has 3 rings (SSSR count). The Morgan fingerprint density at radius 1 is 1.17 bits per heavy atom. The molecule has 2 aromatic heterocycles. The summed E-state index contributed by atoms with van der Waals surface area (Å²) in [7, 11) is 1.52. The molecule has 0 bridgehead atoms. The number of aryl methyl sites for hydroxylation is 1. The largest absolute Gasteiger partial charge is 0.454 e. The summed E-state index contributed by atoms with van der Waals surface area (Å²) >= 11 is 1.24. The highest BCUT2D eigenvalue weighted by molar-refractivity contribution is 7.14. The van der Waals surface area contributed by atoms with Crippen LogP contribution in [0.2, 0.25) is 0 Å². The van der Waals surface area contributed by atoms with Crippen molar-refractivity contribution >= 4 is 39.8 Å². The molecule has 0 saturated heterocycles. The van der Waals surface area contributed by atoms with Crippen LogP contribution >= 0.6 is 11.3 Å². The fourth-order valence-corrected chi connectivity index (χ4v) is 3.92. The normalized spacial score (nSPS) is 11.8. The van der Waals surface area contributed by atoms with Crippen molar-refractivity contribution in [2.75, 3.05) is 0 Å². The number of carbonyl (C=O) groups is 3. The first kappa shape index (κ1) is 21.4. The number of nitrogens with one attached hydrogen (secondary N) is 1. The molecule has 1 unspecified atom stereocenters. The van der Waals surface area contributed by atoms with Crippen LogP contribution in [0.3, 0.4) is 0 Å². The molecule has 0 aliphatic heterocycles. The summed E-state index contributed by atoms with van der Waals surface area (Å²) in [5.41, 5.74) is 0.157. The van der Waals surface area contributed by atoms with Gasteiger partial charge in [0, 0.05) is 24.2 Å². The zero-order valence-electron chi connectivity index (χ0n) is 16.8. The topological polar surface area (TPSA) is 107 Å². The van der Waals surface area contributed by atoms with Crippen LogP contribution in [-0.2, 0) is 34.3 Å². The van der Waals surface area contributed by atoms with E-state index in [2.05, 4.69) is 10.4 Å². The van der Waals surface area contributed by atoms with Crippen molar-refractivity contribution in [1.29, 1.82) is 0 Å². The summed E-state index contributed by atoms with van der Waals surface area (Å²) in [6, 6.07) is 10.3. The maximum Gasteiger partial charge on any atom is 0.312 e. The summed E-state index contributed by atoms with van der Waals surface area (Å²) in [4.78, 5) is 49.5. The first-order chi connectivity index (χ1) is 14.3. The molecule has 0 aliphatic rings. The van der Waals surface area contributed by atoms with Gasteiger partial charge < -0.3 is 10.1 Å². The van der Waals surface area contributed by atoms with Gasteiger partial charge in [0.15, 0.2) is 6.10 Å². The van der Waals surface area contributed by atoms with Crippen LogP contribution in [0.15, 0.2) is 41.2 Å². The van der Waals surface area contributed by atoms with E-state index in [0.29, 0.717) is 27.9 Å². The molecular weight excluding hydrogens is 406 g/mol. The fraction of sp³-hybridized carbons (Fsp3) is 0.286. The van der Waals surface area contributed by atoms with Gasteiger partial charge in [-0.15, -0.1) is 11.3 Å². The zero-order chi connectivity index (χ0) is 21.8. The molecule has 8 nitrogen and oxygen atoms in total. The molecule has 1 N–H and O–H groups in total. The van der Waals surface area contributed by atoms with Crippen molar-refractivity contribution in [1.82, 2.24) is 15.1 Å². The molecule has 2 heterocycles. The van der Waals surface area contributed by atoms with Crippen LogP contribution < -0.4 is 10.9 Å². The highest BCUT2D eigenvalue weighted by Crippen LogP contribution is 2.20. The van der Waals surface area contributed by atoms with Crippen LogP contribution in [0.25, 0.3) is 10.8 Å². The molecule has 0 fully saturated rings. The monoisotopic (exact) mass is 427 g/mol. The van der Waals surface area contributed by atoms with E-state index in [-0.39, 0.29) is 23.7 Å². The van der Waals surface area contributed by atoms with E-state index in [1.165, 1.54) is 36.9 Å². The molecular formula is C21H21N3O5S. The quantitative estimate of drug-likeness (QED) is 0.456. The smallest absolute Gasteiger partial charge is 0.312 e. The molecule has 30 heavy (non-hydrogen) atoms. The Morgan fingerprint density at radius 3 is 2.57 bits per heavy atom. The number of nitrogens with zero attached hydrogens (tertiary/aromatic N) is 2. The number of fused-ring (bicyclic) bond motifs is 1. The molecule has 0 radical (unpaired) electrons. The summed E-state index contributed by atoms with van der Waals surface area (Å²) in [6.07, 6.45) is -1.13. The number of thiophene rings is 1. The van der Waals surface area contributed by atoms with Crippen LogP contribution in [0.4, 0.5) is 0 Å². The highest BCUT2D eigenvalue weighted by Gasteiger charge is 2.22. The average Bonchev–Trinajstić information content (AvgIpc) is 3.18. The molecule has 156 valence electrons.